The lowest BCUT2D eigenvalue weighted by Crippen LogP contribution is -2.67. The van der Waals surface area contributed by atoms with Gasteiger partial charge in [0.25, 0.3) is 0 Å². The van der Waals surface area contributed by atoms with E-state index in [1.54, 1.807) is 0 Å². The van der Waals surface area contributed by atoms with Crippen molar-refractivity contribution in [2.24, 2.45) is 0 Å². The van der Waals surface area contributed by atoms with Gasteiger partial charge in [-0.1, -0.05) is 0 Å². The van der Waals surface area contributed by atoms with Crippen LogP contribution in [0.3, 0.4) is 0 Å². The standard InChI is InChI=1S/C9H16N2O/c12-6-9-8-2-1-7-5-10(9)3-4-11(7)8/h7-9,12H,1-6H2. The van der Waals surface area contributed by atoms with Crippen molar-refractivity contribution in [1.29, 1.82) is 0 Å². The second-order valence-corrected chi connectivity index (χ2v) is 4.28. The fraction of sp³-hybridized carbons (Fsp3) is 1.00. The zero-order valence-corrected chi connectivity index (χ0v) is 7.32. The van der Waals surface area contributed by atoms with Gasteiger partial charge in [0, 0.05) is 37.8 Å². The van der Waals surface area contributed by atoms with Crippen molar-refractivity contribution >= 4 is 0 Å². The van der Waals surface area contributed by atoms with Gasteiger partial charge in [-0.15, -0.1) is 0 Å². The molecule has 4 rings (SSSR count). The van der Waals surface area contributed by atoms with Crippen molar-refractivity contribution in [3.8, 4) is 0 Å². The van der Waals surface area contributed by atoms with Crippen LogP contribution in [-0.2, 0) is 0 Å². The summed E-state index contributed by atoms with van der Waals surface area (Å²) < 4.78 is 0. The number of aliphatic hydroxyl groups excluding tert-OH is 1. The summed E-state index contributed by atoms with van der Waals surface area (Å²) in [4.78, 5) is 5.11. The van der Waals surface area contributed by atoms with Crippen molar-refractivity contribution in [1.82, 2.24) is 9.80 Å². The summed E-state index contributed by atoms with van der Waals surface area (Å²) in [6.45, 7) is 3.99. The summed E-state index contributed by atoms with van der Waals surface area (Å²) in [7, 11) is 0. The zero-order valence-electron chi connectivity index (χ0n) is 7.32. The third-order valence-electron chi connectivity index (χ3n) is 3.88. The maximum atomic E-state index is 9.26. The Morgan fingerprint density at radius 3 is 3.00 bits per heavy atom. The van der Waals surface area contributed by atoms with Crippen LogP contribution in [-0.4, -0.2) is 59.3 Å². The first-order valence-electron chi connectivity index (χ1n) is 5.01. The van der Waals surface area contributed by atoms with Crippen LogP contribution in [0.15, 0.2) is 0 Å². The smallest absolute Gasteiger partial charge is 0.0602 e. The lowest BCUT2D eigenvalue weighted by molar-refractivity contribution is -0.0588. The van der Waals surface area contributed by atoms with Gasteiger partial charge >= 0.3 is 0 Å². The minimum Gasteiger partial charge on any atom is -0.395 e. The Kier molecular flexibility index (Phi) is 1.48. The summed E-state index contributed by atoms with van der Waals surface area (Å²) in [6, 6.07) is 1.96. The second-order valence-electron chi connectivity index (χ2n) is 4.28. The van der Waals surface area contributed by atoms with E-state index in [2.05, 4.69) is 9.80 Å². The summed E-state index contributed by atoms with van der Waals surface area (Å²) in [5, 5.41) is 9.26. The van der Waals surface area contributed by atoms with Crippen molar-refractivity contribution < 1.29 is 5.11 Å². The molecule has 4 aliphatic heterocycles. The van der Waals surface area contributed by atoms with Crippen molar-refractivity contribution in [3.63, 3.8) is 0 Å². The number of aliphatic hydroxyl groups is 1. The third-order valence-corrected chi connectivity index (χ3v) is 3.88. The van der Waals surface area contributed by atoms with Crippen LogP contribution in [0.25, 0.3) is 0 Å². The molecule has 4 heterocycles. The molecule has 1 N–H and O–H groups in total. The van der Waals surface area contributed by atoms with Gasteiger partial charge in [-0.25, -0.2) is 0 Å². The molecule has 0 amide bonds. The molecule has 0 spiro atoms. The molecule has 3 nitrogen and oxygen atoms in total. The highest BCUT2D eigenvalue weighted by molar-refractivity contribution is 5.05. The first-order valence-corrected chi connectivity index (χ1v) is 5.01. The minimum absolute atomic E-state index is 0.355. The van der Waals surface area contributed by atoms with Crippen LogP contribution >= 0.6 is 0 Å². The van der Waals surface area contributed by atoms with Gasteiger partial charge in [0.2, 0.25) is 0 Å². The summed E-state index contributed by atoms with van der Waals surface area (Å²) >= 11 is 0. The molecule has 4 bridgehead atoms. The largest absolute Gasteiger partial charge is 0.395 e. The molecule has 4 fully saturated rings. The van der Waals surface area contributed by atoms with E-state index in [9.17, 15) is 5.11 Å². The average Bonchev–Trinajstić information content (AvgIpc) is 2.46. The lowest BCUT2D eigenvalue weighted by atomic mass is 10.0. The van der Waals surface area contributed by atoms with Gasteiger partial charge in [-0.05, 0) is 12.8 Å². The highest BCUT2D eigenvalue weighted by Crippen LogP contribution is 2.36. The number of hydrogen-bond donors (Lipinski definition) is 1. The number of piperazine rings is 3. The van der Waals surface area contributed by atoms with Crippen LogP contribution in [0.4, 0.5) is 0 Å². The van der Waals surface area contributed by atoms with E-state index in [4.69, 9.17) is 0 Å². The highest BCUT2D eigenvalue weighted by Gasteiger charge is 2.48. The predicted octanol–water partition coefficient (Wildman–Crippen LogP) is -0.491. The van der Waals surface area contributed by atoms with E-state index in [0.717, 1.165) is 6.04 Å². The Balaban J connectivity index is 1.91. The van der Waals surface area contributed by atoms with Gasteiger partial charge in [0.1, 0.15) is 0 Å². The van der Waals surface area contributed by atoms with E-state index in [0.29, 0.717) is 18.7 Å². The highest BCUT2D eigenvalue weighted by atomic mass is 16.3. The van der Waals surface area contributed by atoms with E-state index >= 15 is 0 Å². The molecule has 5 atom stereocenters. The number of hydrogen-bond acceptors (Lipinski definition) is 3. The van der Waals surface area contributed by atoms with Crippen LogP contribution in [0.5, 0.6) is 0 Å². The zero-order chi connectivity index (χ0) is 8.13. The normalized spacial score (nSPS) is 56.2. The molecule has 3 heteroatoms. The molecule has 0 aromatic heterocycles. The van der Waals surface area contributed by atoms with E-state index in [1.165, 1.54) is 32.5 Å². The van der Waals surface area contributed by atoms with Gasteiger partial charge in [0.05, 0.1) is 6.61 Å². The summed E-state index contributed by atoms with van der Waals surface area (Å²) in [5.41, 5.74) is 0. The van der Waals surface area contributed by atoms with Crippen molar-refractivity contribution in [2.45, 2.75) is 31.0 Å². The molecule has 4 saturated heterocycles. The van der Waals surface area contributed by atoms with E-state index in [1.807, 2.05) is 0 Å². The maximum Gasteiger partial charge on any atom is 0.0602 e. The van der Waals surface area contributed by atoms with Crippen LogP contribution in [0.2, 0.25) is 0 Å². The SMILES string of the molecule is OCC1C2CCC3CN1CCN32. The van der Waals surface area contributed by atoms with Gasteiger partial charge < -0.3 is 5.11 Å². The molecule has 0 aliphatic carbocycles. The Bertz CT molecular complexity index is 197. The minimum atomic E-state index is 0.355. The summed E-state index contributed by atoms with van der Waals surface area (Å²) in [5.74, 6) is 0. The van der Waals surface area contributed by atoms with Gasteiger partial charge in [-0.2, -0.15) is 0 Å². The van der Waals surface area contributed by atoms with Crippen molar-refractivity contribution in [3.05, 3.63) is 0 Å². The van der Waals surface area contributed by atoms with Crippen LogP contribution in [0, 0.1) is 0 Å². The van der Waals surface area contributed by atoms with Crippen LogP contribution in [0.1, 0.15) is 12.8 Å². The topological polar surface area (TPSA) is 26.7 Å². The van der Waals surface area contributed by atoms with Crippen molar-refractivity contribution in [2.75, 3.05) is 26.2 Å². The molecule has 0 aromatic carbocycles. The monoisotopic (exact) mass is 168 g/mol. The first-order chi connectivity index (χ1) is 5.90. The van der Waals surface area contributed by atoms with Gasteiger partial charge in [-0.3, -0.25) is 9.80 Å². The molecule has 68 valence electrons. The Morgan fingerprint density at radius 1 is 1.25 bits per heavy atom. The molecule has 0 radical (unpaired) electrons. The predicted molar refractivity (Wildman–Crippen MR) is 46.0 cm³/mol. The Labute approximate surface area is 73.0 Å². The molecule has 0 saturated carbocycles. The molecular formula is C9H16N2O. The first kappa shape index (κ1) is 7.30. The molecule has 5 unspecified atom stereocenters. The van der Waals surface area contributed by atoms with E-state index in [-0.39, 0.29) is 0 Å². The molecule has 0 aromatic rings. The van der Waals surface area contributed by atoms with Crippen LogP contribution < -0.4 is 0 Å². The quantitative estimate of drug-likeness (QED) is 0.572. The number of nitrogens with zero attached hydrogens (tertiary/aromatic N) is 2. The maximum absolute atomic E-state index is 9.26. The number of fused-ring (bicyclic) bond motifs is 1. The third kappa shape index (κ3) is 0.767. The molecular weight excluding hydrogens is 152 g/mol. The summed E-state index contributed by atoms with van der Waals surface area (Å²) in [6.07, 6.45) is 2.67. The average molecular weight is 168 g/mol. The van der Waals surface area contributed by atoms with E-state index < -0.39 is 0 Å². The fourth-order valence-corrected chi connectivity index (χ4v) is 3.31. The second kappa shape index (κ2) is 2.44. The Morgan fingerprint density at radius 2 is 2.17 bits per heavy atom. The Hall–Kier alpha value is -0.120. The number of rotatable bonds is 1. The van der Waals surface area contributed by atoms with Gasteiger partial charge in [0.15, 0.2) is 0 Å². The molecule has 12 heavy (non-hydrogen) atoms. The fourth-order valence-electron chi connectivity index (χ4n) is 3.31. The lowest BCUT2D eigenvalue weighted by Gasteiger charge is -2.52. The molecule has 4 aliphatic rings.